The smallest absolute Gasteiger partial charge is 0.251 e. The lowest BCUT2D eigenvalue weighted by Gasteiger charge is -2.05. The fourth-order valence-corrected chi connectivity index (χ4v) is 3.20. The Bertz CT molecular complexity index is 961. The van der Waals surface area contributed by atoms with E-state index < -0.39 is 0 Å². The molecule has 5 nitrogen and oxygen atoms in total. The third-order valence-electron chi connectivity index (χ3n) is 4.56. The van der Waals surface area contributed by atoms with E-state index in [4.69, 9.17) is 9.26 Å². The van der Waals surface area contributed by atoms with E-state index in [1.165, 1.54) is 5.56 Å². The van der Waals surface area contributed by atoms with Gasteiger partial charge in [-0.2, -0.15) is 0 Å². The van der Waals surface area contributed by atoms with Gasteiger partial charge in [-0.15, -0.1) is 0 Å². The van der Waals surface area contributed by atoms with Crippen LogP contribution in [0.5, 0.6) is 5.75 Å². The number of amides is 1. The Morgan fingerprint density at radius 1 is 1.23 bits per heavy atom. The number of ether oxygens (including phenoxy) is 1. The summed E-state index contributed by atoms with van der Waals surface area (Å²) >= 11 is 0. The Labute approximate surface area is 152 Å². The Morgan fingerprint density at radius 3 is 2.92 bits per heavy atom. The first-order chi connectivity index (χ1) is 12.6. The number of aromatic nitrogens is 1. The first-order valence-electron chi connectivity index (χ1n) is 8.69. The predicted octanol–water partition coefficient (Wildman–Crippen LogP) is 3.90. The monoisotopic (exact) mass is 348 g/mol. The maximum atomic E-state index is 12.3. The molecule has 4 rings (SSSR count). The minimum atomic E-state index is -0.115. The number of benzene rings is 2. The van der Waals surface area contributed by atoms with Gasteiger partial charge in [-0.05, 0) is 49.2 Å². The van der Waals surface area contributed by atoms with Crippen LogP contribution in [-0.4, -0.2) is 17.2 Å². The summed E-state index contributed by atoms with van der Waals surface area (Å²) in [6.07, 6.45) is 1.11. The number of carbonyl (C=O) groups is 1. The van der Waals surface area contributed by atoms with E-state index in [9.17, 15) is 4.79 Å². The minimum absolute atomic E-state index is 0.115. The second-order valence-electron chi connectivity index (χ2n) is 6.64. The van der Waals surface area contributed by atoms with E-state index in [0.29, 0.717) is 23.6 Å². The highest BCUT2D eigenvalue weighted by atomic mass is 16.5. The second-order valence-corrected chi connectivity index (χ2v) is 6.64. The number of rotatable bonds is 4. The van der Waals surface area contributed by atoms with Gasteiger partial charge in [0.05, 0.1) is 6.54 Å². The summed E-state index contributed by atoms with van der Waals surface area (Å²) in [5.74, 6) is 1.51. The SMILES string of the molecule is Cc1ccccc1C(=O)NCc1cc(-c2ccc3c(c2)CC(C)O3)on1. The molecule has 0 radical (unpaired) electrons. The van der Waals surface area contributed by atoms with Crippen molar-refractivity contribution >= 4 is 5.91 Å². The number of nitrogens with one attached hydrogen (secondary N) is 1. The molecule has 5 heteroatoms. The third kappa shape index (κ3) is 3.20. The van der Waals surface area contributed by atoms with Crippen LogP contribution in [0.25, 0.3) is 11.3 Å². The van der Waals surface area contributed by atoms with E-state index in [2.05, 4.69) is 23.5 Å². The molecule has 1 unspecified atom stereocenters. The van der Waals surface area contributed by atoms with E-state index in [0.717, 1.165) is 23.3 Å². The molecule has 1 aromatic heterocycles. The van der Waals surface area contributed by atoms with Gasteiger partial charge >= 0.3 is 0 Å². The van der Waals surface area contributed by atoms with E-state index in [1.807, 2.05) is 49.4 Å². The van der Waals surface area contributed by atoms with Crippen LogP contribution < -0.4 is 10.1 Å². The first-order valence-corrected chi connectivity index (χ1v) is 8.69. The number of nitrogens with zero attached hydrogens (tertiary/aromatic N) is 1. The number of carbonyl (C=O) groups excluding carboxylic acids is 1. The molecule has 3 aromatic rings. The minimum Gasteiger partial charge on any atom is -0.490 e. The summed E-state index contributed by atoms with van der Waals surface area (Å²) < 4.78 is 11.2. The molecule has 1 atom stereocenters. The Kier molecular flexibility index (Phi) is 4.21. The molecule has 1 N–H and O–H groups in total. The highest BCUT2D eigenvalue weighted by molar-refractivity contribution is 5.95. The van der Waals surface area contributed by atoms with Crippen molar-refractivity contribution in [1.29, 1.82) is 0 Å². The normalized spacial score (nSPS) is 15.4. The van der Waals surface area contributed by atoms with Crippen molar-refractivity contribution in [2.75, 3.05) is 0 Å². The van der Waals surface area contributed by atoms with Crippen LogP contribution in [0.2, 0.25) is 0 Å². The van der Waals surface area contributed by atoms with E-state index >= 15 is 0 Å². The largest absolute Gasteiger partial charge is 0.490 e. The number of aryl methyl sites for hydroxylation is 1. The fourth-order valence-electron chi connectivity index (χ4n) is 3.20. The molecular weight excluding hydrogens is 328 g/mol. The van der Waals surface area contributed by atoms with Crippen LogP contribution >= 0.6 is 0 Å². The lowest BCUT2D eigenvalue weighted by Crippen LogP contribution is -2.23. The van der Waals surface area contributed by atoms with Crippen molar-refractivity contribution < 1.29 is 14.1 Å². The van der Waals surface area contributed by atoms with Crippen LogP contribution in [0.15, 0.2) is 53.1 Å². The van der Waals surface area contributed by atoms with Crippen molar-refractivity contribution in [2.45, 2.75) is 32.9 Å². The number of hydrogen-bond acceptors (Lipinski definition) is 4. The van der Waals surface area contributed by atoms with Crippen LogP contribution in [0.4, 0.5) is 0 Å². The molecule has 26 heavy (non-hydrogen) atoms. The molecule has 1 amide bonds. The fraction of sp³-hybridized carbons (Fsp3) is 0.238. The summed E-state index contributed by atoms with van der Waals surface area (Å²) in [5.41, 5.74) is 4.45. The number of fused-ring (bicyclic) bond motifs is 1. The van der Waals surface area contributed by atoms with Gasteiger partial charge in [-0.25, -0.2) is 0 Å². The lowest BCUT2D eigenvalue weighted by atomic mass is 10.1. The molecule has 0 aliphatic carbocycles. The summed E-state index contributed by atoms with van der Waals surface area (Å²) in [6.45, 7) is 4.30. The highest BCUT2D eigenvalue weighted by Gasteiger charge is 2.20. The molecule has 132 valence electrons. The molecule has 0 spiro atoms. The van der Waals surface area contributed by atoms with Gasteiger partial charge in [0.1, 0.15) is 17.5 Å². The Balaban J connectivity index is 1.45. The molecule has 0 saturated carbocycles. The van der Waals surface area contributed by atoms with Gasteiger partial charge in [0.25, 0.3) is 5.91 Å². The average molecular weight is 348 g/mol. The zero-order valence-electron chi connectivity index (χ0n) is 14.8. The highest BCUT2D eigenvalue weighted by Crippen LogP contribution is 2.33. The molecule has 2 aromatic carbocycles. The molecule has 0 saturated heterocycles. The standard InChI is InChI=1S/C21H20N2O3/c1-13-5-3-4-6-18(13)21(24)22-12-17-11-20(26-23-17)15-7-8-19-16(10-15)9-14(2)25-19/h3-8,10-11,14H,9,12H2,1-2H3,(H,22,24). The average Bonchev–Trinajstić information content (AvgIpc) is 3.24. The van der Waals surface area contributed by atoms with Gasteiger partial charge < -0.3 is 14.6 Å². The summed E-state index contributed by atoms with van der Waals surface area (Å²) in [4.78, 5) is 12.3. The Morgan fingerprint density at radius 2 is 2.08 bits per heavy atom. The van der Waals surface area contributed by atoms with Gasteiger partial charge in [-0.1, -0.05) is 23.4 Å². The van der Waals surface area contributed by atoms with Gasteiger partial charge in [0.2, 0.25) is 0 Å². The molecule has 0 fully saturated rings. The first kappa shape index (κ1) is 16.4. The maximum Gasteiger partial charge on any atom is 0.251 e. The zero-order valence-corrected chi connectivity index (χ0v) is 14.8. The lowest BCUT2D eigenvalue weighted by molar-refractivity contribution is 0.0949. The summed E-state index contributed by atoms with van der Waals surface area (Å²) in [5, 5.41) is 6.96. The third-order valence-corrected chi connectivity index (χ3v) is 4.56. The summed E-state index contributed by atoms with van der Waals surface area (Å²) in [7, 11) is 0. The second kappa shape index (κ2) is 6.67. The van der Waals surface area contributed by atoms with Crippen LogP contribution in [0.1, 0.15) is 34.1 Å². The van der Waals surface area contributed by atoms with Crippen molar-refractivity contribution in [3.8, 4) is 17.1 Å². The van der Waals surface area contributed by atoms with Crippen molar-refractivity contribution in [2.24, 2.45) is 0 Å². The van der Waals surface area contributed by atoms with E-state index in [1.54, 1.807) is 0 Å². The molecule has 2 heterocycles. The van der Waals surface area contributed by atoms with Gasteiger partial charge in [0, 0.05) is 23.6 Å². The number of hydrogen-bond donors (Lipinski definition) is 1. The maximum absolute atomic E-state index is 12.3. The quantitative estimate of drug-likeness (QED) is 0.776. The van der Waals surface area contributed by atoms with Gasteiger partial charge in [-0.3, -0.25) is 4.79 Å². The Hall–Kier alpha value is -3.08. The predicted molar refractivity (Wildman–Crippen MR) is 98.1 cm³/mol. The van der Waals surface area contributed by atoms with Crippen molar-refractivity contribution in [3.63, 3.8) is 0 Å². The summed E-state index contributed by atoms with van der Waals surface area (Å²) in [6, 6.07) is 15.4. The van der Waals surface area contributed by atoms with Crippen molar-refractivity contribution in [3.05, 3.63) is 70.9 Å². The van der Waals surface area contributed by atoms with Crippen molar-refractivity contribution in [1.82, 2.24) is 10.5 Å². The molecular formula is C21H20N2O3. The van der Waals surface area contributed by atoms with E-state index in [-0.39, 0.29) is 12.0 Å². The van der Waals surface area contributed by atoms with Gasteiger partial charge in [0.15, 0.2) is 5.76 Å². The molecule has 1 aliphatic heterocycles. The van der Waals surface area contributed by atoms with Crippen LogP contribution in [0, 0.1) is 6.92 Å². The zero-order chi connectivity index (χ0) is 18.1. The topological polar surface area (TPSA) is 64.4 Å². The van der Waals surface area contributed by atoms with Crippen LogP contribution in [0.3, 0.4) is 0 Å². The van der Waals surface area contributed by atoms with Crippen LogP contribution in [-0.2, 0) is 13.0 Å². The molecule has 1 aliphatic rings. The molecule has 0 bridgehead atoms.